The second-order valence-corrected chi connectivity index (χ2v) is 9.32. The topological polar surface area (TPSA) is 100 Å². The van der Waals surface area contributed by atoms with Crippen molar-refractivity contribution in [1.29, 1.82) is 0 Å². The van der Waals surface area contributed by atoms with Crippen molar-refractivity contribution in [2.45, 2.75) is 10.1 Å². The smallest absolute Gasteiger partial charge is 0.238 e. The third kappa shape index (κ3) is 5.16. The summed E-state index contributed by atoms with van der Waals surface area (Å²) in [6.45, 7) is 0.357. The van der Waals surface area contributed by atoms with Gasteiger partial charge in [0.15, 0.2) is 11.0 Å². The van der Waals surface area contributed by atoms with Gasteiger partial charge >= 0.3 is 0 Å². The Bertz CT molecular complexity index is 1290. The second kappa shape index (κ2) is 9.51. The van der Waals surface area contributed by atoms with E-state index in [2.05, 4.69) is 10.2 Å². The second-order valence-electron chi connectivity index (χ2n) is 6.70. The van der Waals surface area contributed by atoms with Gasteiger partial charge in [0, 0.05) is 17.0 Å². The molecule has 0 unspecified atom stereocenters. The third-order valence-electron chi connectivity index (χ3n) is 4.49. The number of primary sulfonamides is 1. The molecule has 0 spiro atoms. The molecule has 0 radical (unpaired) electrons. The van der Waals surface area contributed by atoms with Gasteiger partial charge in [-0.2, -0.15) is 0 Å². The average Bonchev–Trinajstić information content (AvgIpc) is 3.21. The Kier molecular flexibility index (Phi) is 6.54. The van der Waals surface area contributed by atoms with E-state index in [0.717, 1.165) is 11.3 Å². The highest BCUT2D eigenvalue weighted by atomic mass is 32.2. The molecule has 0 aliphatic carbocycles. The van der Waals surface area contributed by atoms with E-state index in [9.17, 15) is 12.8 Å². The summed E-state index contributed by atoms with van der Waals surface area (Å²) in [5.41, 5.74) is 1.64. The van der Waals surface area contributed by atoms with Gasteiger partial charge in [0.05, 0.1) is 11.5 Å². The number of nitrogens with zero attached hydrogens (tertiary/aromatic N) is 3. The summed E-state index contributed by atoms with van der Waals surface area (Å²) in [6.07, 6.45) is 0. The molecule has 3 aromatic carbocycles. The lowest BCUT2D eigenvalue weighted by atomic mass is 10.2. The fourth-order valence-corrected chi connectivity index (χ4v) is 4.26. The van der Waals surface area contributed by atoms with Crippen LogP contribution in [0.3, 0.4) is 0 Å². The van der Waals surface area contributed by atoms with Crippen LogP contribution in [-0.2, 0) is 10.0 Å². The van der Waals surface area contributed by atoms with E-state index in [1.807, 2.05) is 34.9 Å². The first kappa shape index (κ1) is 22.0. The number of thioether (sulfide) groups is 1. The van der Waals surface area contributed by atoms with E-state index in [-0.39, 0.29) is 10.7 Å². The number of nitrogens with two attached hydrogens (primary N) is 1. The molecule has 0 amide bonds. The molecule has 7 nitrogen and oxygen atoms in total. The molecule has 0 fully saturated rings. The van der Waals surface area contributed by atoms with Crippen LogP contribution in [-0.4, -0.2) is 35.5 Å². The average molecular weight is 471 g/mol. The monoisotopic (exact) mass is 470 g/mol. The summed E-state index contributed by atoms with van der Waals surface area (Å²) < 4.78 is 43.7. The minimum absolute atomic E-state index is 0.0278. The minimum atomic E-state index is -3.74. The molecule has 0 bridgehead atoms. The van der Waals surface area contributed by atoms with E-state index >= 15 is 0 Å². The summed E-state index contributed by atoms with van der Waals surface area (Å²) in [6, 6.07) is 21.7. The maximum Gasteiger partial charge on any atom is 0.238 e. The molecule has 32 heavy (non-hydrogen) atoms. The van der Waals surface area contributed by atoms with Crippen molar-refractivity contribution in [2.24, 2.45) is 5.14 Å². The van der Waals surface area contributed by atoms with E-state index < -0.39 is 10.0 Å². The Morgan fingerprint density at radius 2 is 1.62 bits per heavy atom. The lowest BCUT2D eigenvalue weighted by Crippen LogP contribution is -2.11. The Morgan fingerprint density at radius 1 is 0.938 bits per heavy atom. The maximum absolute atomic E-state index is 13.4. The van der Waals surface area contributed by atoms with Crippen molar-refractivity contribution >= 4 is 21.8 Å². The molecule has 164 valence electrons. The van der Waals surface area contributed by atoms with Gasteiger partial charge in [0.1, 0.15) is 11.6 Å². The summed E-state index contributed by atoms with van der Waals surface area (Å²) in [4.78, 5) is 0.0278. The number of rotatable bonds is 8. The number of sulfonamides is 1. The van der Waals surface area contributed by atoms with Crippen LogP contribution in [0.2, 0.25) is 0 Å². The molecular weight excluding hydrogens is 451 g/mol. The fourth-order valence-electron chi connectivity index (χ4n) is 2.98. The van der Waals surface area contributed by atoms with Crippen LogP contribution in [0.5, 0.6) is 5.75 Å². The van der Waals surface area contributed by atoms with E-state index in [1.54, 1.807) is 24.3 Å². The fraction of sp³-hybridized carbons (Fsp3) is 0.0909. The predicted octanol–water partition coefficient (Wildman–Crippen LogP) is 3.89. The quantitative estimate of drug-likeness (QED) is 0.310. The zero-order chi connectivity index (χ0) is 22.6. The molecule has 0 saturated heterocycles. The number of benzene rings is 3. The van der Waals surface area contributed by atoms with E-state index in [1.165, 1.54) is 36.0 Å². The molecule has 0 atom stereocenters. The summed E-state index contributed by atoms with van der Waals surface area (Å²) in [7, 11) is -3.74. The van der Waals surface area contributed by atoms with Crippen LogP contribution in [0.15, 0.2) is 88.9 Å². The summed E-state index contributed by atoms with van der Waals surface area (Å²) in [5.74, 6) is 1.42. The molecule has 2 N–H and O–H groups in total. The van der Waals surface area contributed by atoms with Crippen LogP contribution < -0.4 is 9.88 Å². The third-order valence-corrected chi connectivity index (χ3v) is 6.31. The molecule has 1 aromatic heterocycles. The van der Waals surface area contributed by atoms with Crippen molar-refractivity contribution in [2.75, 3.05) is 12.4 Å². The molecular formula is C22H19FN4O3S2. The Labute approximate surface area is 189 Å². The number of halogens is 1. The van der Waals surface area contributed by atoms with Gasteiger partial charge in [0.2, 0.25) is 10.0 Å². The van der Waals surface area contributed by atoms with Crippen molar-refractivity contribution in [1.82, 2.24) is 14.8 Å². The number of hydrogen-bond acceptors (Lipinski definition) is 6. The SMILES string of the molecule is NS(=O)(=O)c1ccc(OCCSc2nnc(-c3ccccc3)n2-c2ccc(F)cc2)cc1. The van der Waals surface area contributed by atoms with Gasteiger partial charge < -0.3 is 4.74 Å². The molecule has 0 aliphatic rings. The predicted molar refractivity (Wildman–Crippen MR) is 121 cm³/mol. The standard InChI is InChI=1S/C22H19FN4O3S2/c23-17-6-8-18(9-7-17)27-21(16-4-2-1-3-5-16)25-26-22(27)31-15-14-30-19-10-12-20(13-11-19)32(24,28)29/h1-13H,14-15H2,(H2,24,28,29). The lowest BCUT2D eigenvalue weighted by molar-refractivity contribution is 0.343. The Morgan fingerprint density at radius 3 is 2.28 bits per heavy atom. The van der Waals surface area contributed by atoms with Crippen LogP contribution in [0.1, 0.15) is 0 Å². The molecule has 1 heterocycles. The first-order chi connectivity index (χ1) is 15.4. The van der Waals surface area contributed by atoms with Gasteiger partial charge in [0.25, 0.3) is 0 Å². The van der Waals surface area contributed by atoms with Gasteiger partial charge in [-0.15, -0.1) is 10.2 Å². The molecule has 10 heteroatoms. The highest BCUT2D eigenvalue weighted by molar-refractivity contribution is 7.99. The van der Waals surface area contributed by atoms with Gasteiger partial charge in [-0.3, -0.25) is 4.57 Å². The van der Waals surface area contributed by atoms with Gasteiger partial charge in [-0.25, -0.2) is 17.9 Å². The molecule has 0 aliphatic heterocycles. The number of hydrogen-bond donors (Lipinski definition) is 1. The van der Waals surface area contributed by atoms with Crippen LogP contribution in [0.4, 0.5) is 4.39 Å². The van der Waals surface area contributed by atoms with Crippen LogP contribution in [0.25, 0.3) is 17.1 Å². The molecule has 4 rings (SSSR count). The number of aromatic nitrogens is 3. The highest BCUT2D eigenvalue weighted by Crippen LogP contribution is 2.28. The van der Waals surface area contributed by atoms with Crippen LogP contribution in [0, 0.1) is 5.82 Å². The highest BCUT2D eigenvalue weighted by Gasteiger charge is 2.16. The van der Waals surface area contributed by atoms with Crippen molar-refractivity contribution in [3.05, 3.63) is 84.7 Å². The molecule has 0 saturated carbocycles. The zero-order valence-electron chi connectivity index (χ0n) is 16.8. The zero-order valence-corrected chi connectivity index (χ0v) is 18.4. The van der Waals surface area contributed by atoms with Crippen molar-refractivity contribution < 1.29 is 17.5 Å². The maximum atomic E-state index is 13.4. The normalized spacial score (nSPS) is 11.4. The van der Waals surface area contributed by atoms with Crippen molar-refractivity contribution in [3.63, 3.8) is 0 Å². The van der Waals surface area contributed by atoms with Crippen LogP contribution >= 0.6 is 11.8 Å². The van der Waals surface area contributed by atoms with Gasteiger partial charge in [-0.1, -0.05) is 42.1 Å². The summed E-state index contributed by atoms with van der Waals surface area (Å²) >= 11 is 1.44. The first-order valence-electron chi connectivity index (χ1n) is 9.57. The minimum Gasteiger partial charge on any atom is -0.493 e. The summed E-state index contributed by atoms with van der Waals surface area (Å²) in [5, 5.41) is 14.4. The van der Waals surface area contributed by atoms with E-state index in [4.69, 9.17) is 9.88 Å². The Hall–Kier alpha value is -3.21. The Balaban J connectivity index is 1.49. The van der Waals surface area contributed by atoms with Crippen molar-refractivity contribution in [3.8, 4) is 22.8 Å². The lowest BCUT2D eigenvalue weighted by Gasteiger charge is -2.11. The largest absolute Gasteiger partial charge is 0.493 e. The van der Waals surface area contributed by atoms with E-state index in [0.29, 0.717) is 29.1 Å². The molecule has 4 aromatic rings. The first-order valence-corrected chi connectivity index (χ1v) is 12.1. The number of ether oxygens (including phenoxy) is 1. The van der Waals surface area contributed by atoms with Gasteiger partial charge in [-0.05, 0) is 48.5 Å².